The van der Waals surface area contributed by atoms with Crippen molar-refractivity contribution in [3.63, 3.8) is 0 Å². The maximum atomic E-state index is 12.3. The molecule has 1 aliphatic heterocycles. The number of nitrogens with one attached hydrogen (secondary N) is 2. The van der Waals surface area contributed by atoms with Gasteiger partial charge in [0.05, 0.1) is 0 Å². The Morgan fingerprint density at radius 2 is 1.93 bits per heavy atom. The molecular weight excluding hydrogens is 358 g/mol. The number of benzene rings is 2. The SMILES string of the molecule is C=CCN1CCC(NCc2cccc(NC(=O)c3ccc(Cl)cc3)c2)CC1. The van der Waals surface area contributed by atoms with E-state index in [4.69, 9.17) is 11.6 Å². The molecule has 0 unspecified atom stereocenters. The first-order valence-electron chi connectivity index (χ1n) is 9.36. The van der Waals surface area contributed by atoms with Gasteiger partial charge < -0.3 is 10.6 Å². The average molecular weight is 384 g/mol. The molecule has 0 saturated carbocycles. The summed E-state index contributed by atoms with van der Waals surface area (Å²) in [6, 6.07) is 15.4. The third-order valence-electron chi connectivity index (χ3n) is 4.86. The van der Waals surface area contributed by atoms with E-state index in [2.05, 4.69) is 28.2 Å². The predicted octanol–water partition coefficient (Wildman–Crippen LogP) is 4.33. The lowest BCUT2D eigenvalue weighted by Gasteiger charge is -2.31. The second kappa shape index (κ2) is 9.70. The summed E-state index contributed by atoms with van der Waals surface area (Å²) in [5.41, 5.74) is 2.56. The third kappa shape index (κ3) is 5.93. The van der Waals surface area contributed by atoms with Gasteiger partial charge in [0.1, 0.15) is 0 Å². The number of hydrogen-bond acceptors (Lipinski definition) is 3. The van der Waals surface area contributed by atoms with Crippen LogP contribution in [0, 0.1) is 0 Å². The Morgan fingerprint density at radius 3 is 2.63 bits per heavy atom. The van der Waals surface area contributed by atoms with Crippen LogP contribution in [0.15, 0.2) is 61.2 Å². The Balaban J connectivity index is 1.51. The van der Waals surface area contributed by atoms with E-state index in [1.54, 1.807) is 24.3 Å². The van der Waals surface area contributed by atoms with E-state index < -0.39 is 0 Å². The van der Waals surface area contributed by atoms with Crippen molar-refractivity contribution in [1.29, 1.82) is 0 Å². The number of piperidine rings is 1. The highest BCUT2D eigenvalue weighted by atomic mass is 35.5. The Morgan fingerprint density at radius 1 is 1.19 bits per heavy atom. The average Bonchev–Trinajstić information content (AvgIpc) is 2.68. The minimum absolute atomic E-state index is 0.133. The first kappa shape index (κ1) is 19.6. The molecule has 0 radical (unpaired) electrons. The van der Waals surface area contributed by atoms with Crippen LogP contribution in [-0.4, -0.2) is 36.5 Å². The molecule has 1 heterocycles. The number of carbonyl (C=O) groups is 1. The first-order valence-corrected chi connectivity index (χ1v) is 9.74. The summed E-state index contributed by atoms with van der Waals surface area (Å²) < 4.78 is 0. The van der Waals surface area contributed by atoms with Crippen LogP contribution in [-0.2, 0) is 6.54 Å². The number of amides is 1. The molecule has 0 spiro atoms. The van der Waals surface area contributed by atoms with Crippen molar-refractivity contribution in [3.05, 3.63) is 77.3 Å². The number of rotatable bonds is 7. The highest BCUT2D eigenvalue weighted by Gasteiger charge is 2.17. The second-order valence-electron chi connectivity index (χ2n) is 6.91. The fourth-order valence-corrected chi connectivity index (χ4v) is 3.45. The van der Waals surface area contributed by atoms with Crippen LogP contribution in [0.25, 0.3) is 0 Å². The van der Waals surface area contributed by atoms with E-state index in [-0.39, 0.29) is 5.91 Å². The summed E-state index contributed by atoms with van der Waals surface area (Å²) in [4.78, 5) is 14.8. The normalized spacial score (nSPS) is 15.4. The van der Waals surface area contributed by atoms with Crippen molar-refractivity contribution in [3.8, 4) is 0 Å². The van der Waals surface area contributed by atoms with Gasteiger partial charge in [0.15, 0.2) is 0 Å². The van der Waals surface area contributed by atoms with E-state index in [0.29, 0.717) is 16.6 Å². The summed E-state index contributed by atoms with van der Waals surface area (Å²) in [6.07, 6.45) is 4.28. The molecule has 5 heteroatoms. The number of likely N-dealkylation sites (tertiary alicyclic amines) is 1. The third-order valence-corrected chi connectivity index (χ3v) is 5.11. The first-order chi connectivity index (χ1) is 13.1. The highest BCUT2D eigenvalue weighted by Crippen LogP contribution is 2.16. The molecule has 1 amide bonds. The molecule has 0 aliphatic carbocycles. The maximum Gasteiger partial charge on any atom is 0.255 e. The molecule has 0 bridgehead atoms. The van der Waals surface area contributed by atoms with Crippen molar-refractivity contribution >= 4 is 23.2 Å². The minimum atomic E-state index is -0.133. The van der Waals surface area contributed by atoms with Crippen molar-refractivity contribution in [2.75, 3.05) is 25.0 Å². The molecule has 2 aromatic carbocycles. The van der Waals surface area contributed by atoms with Gasteiger partial charge in [-0.2, -0.15) is 0 Å². The monoisotopic (exact) mass is 383 g/mol. The van der Waals surface area contributed by atoms with Crippen molar-refractivity contribution < 1.29 is 4.79 Å². The fraction of sp³-hybridized carbons (Fsp3) is 0.318. The van der Waals surface area contributed by atoms with Crippen LogP contribution >= 0.6 is 11.6 Å². The summed E-state index contributed by atoms with van der Waals surface area (Å²) in [5.74, 6) is -0.133. The highest BCUT2D eigenvalue weighted by molar-refractivity contribution is 6.30. The number of nitrogens with zero attached hydrogens (tertiary/aromatic N) is 1. The van der Waals surface area contributed by atoms with Crippen LogP contribution in [0.5, 0.6) is 0 Å². The molecular formula is C22H26ClN3O. The molecule has 4 nitrogen and oxygen atoms in total. The molecule has 142 valence electrons. The smallest absolute Gasteiger partial charge is 0.255 e. The largest absolute Gasteiger partial charge is 0.322 e. The van der Waals surface area contributed by atoms with Gasteiger partial charge in [-0.25, -0.2) is 0 Å². The molecule has 0 aromatic heterocycles. The molecule has 1 aliphatic rings. The predicted molar refractivity (Wildman–Crippen MR) is 112 cm³/mol. The van der Waals surface area contributed by atoms with E-state index in [1.807, 2.05) is 24.3 Å². The van der Waals surface area contributed by atoms with Crippen LogP contribution in [0.3, 0.4) is 0 Å². The van der Waals surface area contributed by atoms with Crippen LogP contribution in [0.2, 0.25) is 5.02 Å². The number of carbonyl (C=O) groups excluding carboxylic acids is 1. The summed E-state index contributed by atoms with van der Waals surface area (Å²) in [7, 11) is 0. The molecule has 2 N–H and O–H groups in total. The minimum Gasteiger partial charge on any atom is -0.322 e. The molecule has 3 rings (SSSR count). The Kier molecular flexibility index (Phi) is 7.04. The van der Waals surface area contributed by atoms with Gasteiger partial charge in [-0.1, -0.05) is 29.8 Å². The van der Waals surface area contributed by atoms with Gasteiger partial charge in [-0.15, -0.1) is 6.58 Å². The lowest BCUT2D eigenvalue weighted by atomic mass is 10.0. The Bertz CT molecular complexity index is 767. The van der Waals surface area contributed by atoms with Crippen molar-refractivity contribution in [2.45, 2.75) is 25.4 Å². The molecule has 27 heavy (non-hydrogen) atoms. The Labute approximate surface area is 166 Å². The van der Waals surface area contributed by atoms with Gasteiger partial charge in [0.2, 0.25) is 0 Å². The molecule has 1 fully saturated rings. The van der Waals surface area contributed by atoms with Gasteiger partial charge >= 0.3 is 0 Å². The lowest BCUT2D eigenvalue weighted by Crippen LogP contribution is -2.42. The molecule has 0 atom stereocenters. The zero-order chi connectivity index (χ0) is 19.1. The second-order valence-corrected chi connectivity index (χ2v) is 7.34. The van der Waals surface area contributed by atoms with E-state index >= 15 is 0 Å². The lowest BCUT2D eigenvalue weighted by molar-refractivity contribution is 0.102. The summed E-state index contributed by atoms with van der Waals surface area (Å²) in [5, 5.41) is 7.21. The van der Waals surface area contributed by atoms with Gasteiger partial charge in [-0.3, -0.25) is 9.69 Å². The van der Waals surface area contributed by atoms with Crippen molar-refractivity contribution in [1.82, 2.24) is 10.2 Å². The maximum absolute atomic E-state index is 12.3. The summed E-state index contributed by atoms with van der Waals surface area (Å²) >= 11 is 5.87. The van der Waals surface area contributed by atoms with Gasteiger partial charge in [0.25, 0.3) is 5.91 Å². The van der Waals surface area contributed by atoms with Crippen molar-refractivity contribution in [2.24, 2.45) is 0 Å². The number of halogens is 1. The number of anilines is 1. The Hall–Kier alpha value is -2.14. The zero-order valence-corrected chi connectivity index (χ0v) is 16.2. The van der Waals surface area contributed by atoms with E-state index in [0.717, 1.165) is 50.3 Å². The molecule has 1 saturated heterocycles. The van der Waals surface area contributed by atoms with Gasteiger partial charge in [-0.05, 0) is 67.9 Å². The fourth-order valence-electron chi connectivity index (χ4n) is 3.33. The van der Waals surface area contributed by atoms with Gasteiger partial charge in [0, 0.05) is 35.4 Å². The standard InChI is InChI=1S/C22H26ClN3O/c1-2-12-26-13-10-20(11-14-26)24-16-17-4-3-5-21(15-17)25-22(27)18-6-8-19(23)9-7-18/h2-9,15,20,24H,1,10-14,16H2,(H,25,27). The van der Waals surface area contributed by atoms with Crippen LogP contribution < -0.4 is 10.6 Å². The zero-order valence-electron chi connectivity index (χ0n) is 15.5. The van der Waals surface area contributed by atoms with Crippen LogP contribution in [0.4, 0.5) is 5.69 Å². The topological polar surface area (TPSA) is 44.4 Å². The van der Waals surface area contributed by atoms with Crippen LogP contribution in [0.1, 0.15) is 28.8 Å². The number of hydrogen-bond donors (Lipinski definition) is 2. The van der Waals surface area contributed by atoms with E-state index in [9.17, 15) is 4.79 Å². The quantitative estimate of drug-likeness (QED) is 0.699. The van der Waals surface area contributed by atoms with E-state index in [1.165, 1.54) is 0 Å². The molecule has 2 aromatic rings. The summed E-state index contributed by atoms with van der Waals surface area (Å²) in [6.45, 7) is 7.81.